The van der Waals surface area contributed by atoms with E-state index in [-0.39, 0.29) is 18.6 Å². The van der Waals surface area contributed by atoms with Crippen molar-refractivity contribution >= 4 is 11.8 Å². The minimum atomic E-state index is -1.41. The van der Waals surface area contributed by atoms with Gasteiger partial charge >= 0.3 is 5.97 Å². The van der Waals surface area contributed by atoms with Crippen LogP contribution in [0.25, 0.3) is 0 Å². The summed E-state index contributed by atoms with van der Waals surface area (Å²) in [6.45, 7) is 1.36. The zero-order valence-corrected chi connectivity index (χ0v) is 12.0. The molecule has 21 heavy (non-hydrogen) atoms. The van der Waals surface area contributed by atoms with Crippen LogP contribution >= 0.6 is 0 Å². The maximum atomic E-state index is 12.1. The monoisotopic (exact) mass is 282 g/mol. The van der Waals surface area contributed by atoms with E-state index >= 15 is 0 Å². The normalized spacial score (nSPS) is 11.1. The Morgan fingerprint density at radius 3 is 1.52 bits per heavy atom. The molecule has 0 aliphatic rings. The van der Waals surface area contributed by atoms with Crippen molar-refractivity contribution in [2.75, 3.05) is 0 Å². The third kappa shape index (κ3) is 3.37. The van der Waals surface area contributed by atoms with Crippen LogP contribution in [0.2, 0.25) is 0 Å². The fourth-order valence-corrected chi connectivity index (χ4v) is 2.50. The molecule has 3 heteroatoms. The van der Waals surface area contributed by atoms with Crippen LogP contribution in [0, 0.1) is 5.41 Å². The highest BCUT2D eigenvalue weighted by atomic mass is 16.4. The second-order valence-corrected chi connectivity index (χ2v) is 5.27. The third-order valence-electron chi connectivity index (χ3n) is 3.78. The first-order valence-electron chi connectivity index (χ1n) is 6.87. The Hall–Kier alpha value is -2.42. The van der Waals surface area contributed by atoms with Crippen LogP contribution in [0.15, 0.2) is 60.7 Å². The second-order valence-electron chi connectivity index (χ2n) is 5.27. The molecule has 0 aliphatic carbocycles. The van der Waals surface area contributed by atoms with Crippen LogP contribution in [-0.4, -0.2) is 16.9 Å². The molecule has 0 unspecified atom stereocenters. The van der Waals surface area contributed by atoms with Crippen molar-refractivity contribution in [2.24, 2.45) is 5.41 Å². The van der Waals surface area contributed by atoms with E-state index in [1.165, 1.54) is 6.92 Å². The lowest BCUT2D eigenvalue weighted by atomic mass is 9.73. The number of rotatable bonds is 6. The van der Waals surface area contributed by atoms with E-state index in [0.717, 1.165) is 11.1 Å². The number of benzene rings is 2. The molecule has 0 bridgehead atoms. The molecular formula is C18H18O3. The van der Waals surface area contributed by atoms with E-state index in [1.54, 1.807) is 0 Å². The summed E-state index contributed by atoms with van der Waals surface area (Å²) in [7, 11) is 0. The molecule has 0 radical (unpaired) electrons. The Morgan fingerprint density at radius 2 is 1.24 bits per heavy atom. The zero-order chi connectivity index (χ0) is 15.3. The summed E-state index contributed by atoms with van der Waals surface area (Å²) in [4.78, 5) is 24.0. The molecule has 108 valence electrons. The van der Waals surface area contributed by atoms with Gasteiger partial charge in [0.25, 0.3) is 0 Å². The predicted molar refractivity (Wildman–Crippen MR) is 81.0 cm³/mol. The summed E-state index contributed by atoms with van der Waals surface area (Å²) >= 11 is 0. The van der Waals surface area contributed by atoms with E-state index in [0.29, 0.717) is 0 Å². The summed E-state index contributed by atoms with van der Waals surface area (Å²) < 4.78 is 0. The SMILES string of the molecule is CC(=O)C(Cc1ccccc1)(Cc1ccccc1)C(=O)O. The van der Waals surface area contributed by atoms with Crippen molar-refractivity contribution in [2.45, 2.75) is 19.8 Å². The van der Waals surface area contributed by atoms with Crippen LogP contribution in [0.3, 0.4) is 0 Å². The standard InChI is InChI=1S/C18H18O3/c1-14(19)18(17(20)21,12-15-8-4-2-5-9-15)13-16-10-6-3-7-11-16/h2-11H,12-13H2,1H3,(H,20,21). The van der Waals surface area contributed by atoms with Crippen LogP contribution in [0.5, 0.6) is 0 Å². The van der Waals surface area contributed by atoms with E-state index in [4.69, 9.17) is 0 Å². The first-order valence-corrected chi connectivity index (χ1v) is 6.87. The van der Waals surface area contributed by atoms with Crippen molar-refractivity contribution < 1.29 is 14.7 Å². The largest absolute Gasteiger partial charge is 0.480 e. The lowest BCUT2D eigenvalue weighted by Gasteiger charge is -2.27. The molecular weight excluding hydrogens is 264 g/mol. The minimum Gasteiger partial charge on any atom is -0.480 e. The van der Waals surface area contributed by atoms with Crippen LogP contribution in [-0.2, 0) is 22.4 Å². The number of hydrogen-bond donors (Lipinski definition) is 1. The van der Waals surface area contributed by atoms with E-state index < -0.39 is 11.4 Å². The van der Waals surface area contributed by atoms with Gasteiger partial charge in [-0.15, -0.1) is 0 Å². The molecule has 0 aromatic heterocycles. The molecule has 0 saturated heterocycles. The Bertz CT molecular complexity index is 560. The summed E-state index contributed by atoms with van der Waals surface area (Å²) in [5.41, 5.74) is 0.292. The van der Waals surface area contributed by atoms with Gasteiger partial charge in [0.1, 0.15) is 11.2 Å². The van der Waals surface area contributed by atoms with Gasteiger partial charge in [0.15, 0.2) is 0 Å². The molecule has 2 aromatic carbocycles. The Morgan fingerprint density at radius 1 is 0.857 bits per heavy atom. The molecule has 1 N–H and O–H groups in total. The Kier molecular flexibility index (Phi) is 4.53. The summed E-state index contributed by atoms with van der Waals surface area (Å²) in [6.07, 6.45) is 0.404. The maximum Gasteiger partial charge on any atom is 0.317 e. The number of Topliss-reactive ketones (excluding diaryl/α,β-unsaturated/α-hetero) is 1. The van der Waals surface area contributed by atoms with Crippen molar-refractivity contribution in [1.82, 2.24) is 0 Å². The van der Waals surface area contributed by atoms with Crippen molar-refractivity contribution in [1.29, 1.82) is 0 Å². The highest BCUT2D eigenvalue weighted by Gasteiger charge is 2.43. The Balaban J connectivity index is 2.38. The van der Waals surface area contributed by atoms with Gasteiger partial charge in [-0.05, 0) is 30.9 Å². The number of ketones is 1. The number of aliphatic carboxylic acids is 1. The predicted octanol–water partition coefficient (Wildman–Crippen LogP) is 3.13. The van der Waals surface area contributed by atoms with E-state index in [2.05, 4.69) is 0 Å². The van der Waals surface area contributed by atoms with Gasteiger partial charge in [-0.1, -0.05) is 60.7 Å². The molecule has 0 saturated carbocycles. The third-order valence-corrected chi connectivity index (χ3v) is 3.78. The van der Waals surface area contributed by atoms with Crippen molar-refractivity contribution in [3.05, 3.63) is 71.8 Å². The van der Waals surface area contributed by atoms with Crippen LogP contribution in [0.1, 0.15) is 18.1 Å². The topological polar surface area (TPSA) is 54.4 Å². The highest BCUT2D eigenvalue weighted by molar-refractivity contribution is 6.02. The number of carbonyl (C=O) groups is 2. The minimum absolute atomic E-state index is 0.202. The first kappa shape index (κ1) is 15.0. The Labute approximate surface area is 124 Å². The molecule has 0 spiro atoms. The summed E-state index contributed by atoms with van der Waals surface area (Å²) in [5.74, 6) is -1.38. The lowest BCUT2D eigenvalue weighted by Crippen LogP contribution is -2.42. The fourth-order valence-electron chi connectivity index (χ4n) is 2.50. The average molecular weight is 282 g/mol. The van der Waals surface area contributed by atoms with Gasteiger partial charge in [-0.3, -0.25) is 9.59 Å². The van der Waals surface area contributed by atoms with Gasteiger partial charge in [-0.2, -0.15) is 0 Å². The molecule has 0 atom stereocenters. The smallest absolute Gasteiger partial charge is 0.317 e. The molecule has 0 aliphatic heterocycles. The molecule has 2 aromatic rings. The van der Waals surface area contributed by atoms with Gasteiger partial charge in [0.05, 0.1) is 0 Å². The van der Waals surface area contributed by atoms with Gasteiger partial charge in [-0.25, -0.2) is 0 Å². The maximum absolute atomic E-state index is 12.1. The van der Waals surface area contributed by atoms with Crippen molar-refractivity contribution in [3.63, 3.8) is 0 Å². The molecule has 0 amide bonds. The number of hydrogen-bond acceptors (Lipinski definition) is 2. The highest BCUT2D eigenvalue weighted by Crippen LogP contribution is 2.30. The fraction of sp³-hybridized carbons (Fsp3) is 0.222. The van der Waals surface area contributed by atoms with Crippen LogP contribution < -0.4 is 0 Å². The van der Waals surface area contributed by atoms with Gasteiger partial charge < -0.3 is 5.11 Å². The zero-order valence-electron chi connectivity index (χ0n) is 12.0. The average Bonchev–Trinajstić information content (AvgIpc) is 2.48. The lowest BCUT2D eigenvalue weighted by molar-refractivity contribution is -0.154. The molecule has 0 fully saturated rings. The summed E-state index contributed by atoms with van der Waals surface area (Å²) in [5, 5.41) is 9.70. The van der Waals surface area contributed by atoms with Crippen LogP contribution in [0.4, 0.5) is 0 Å². The molecule has 0 heterocycles. The van der Waals surface area contributed by atoms with Crippen molar-refractivity contribution in [3.8, 4) is 0 Å². The van der Waals surface area contributed by atoms with E-state index in [9.17, 15) is 14.7 Å². The van der Waals surface area contributed by atoms with E-state index in [1.807, 2.05) is 60.7 Å². The number of carboxylic acids is 1. The molecule has 3 nitrogen and oxygen atoms in total. The number of carbonyl (C=O) groups excluding carboxylic acids is 1. The quantitative estimate of drug-likeness (QED) is 0.828. The first-order chi connectivity index (χ1) is 10.0. The molecule has 2 rings (SSSR count). The van der Waals surface area contributed by atoms with Gasteiger partial charge in [0, 0.05) is 0 Å². The number of carboxylic acid groups (broad SMARTS) is 1. The summed E-state index contributed by atoms with van der Waals surface area (Å²) in [6, 6.07) is 18.6. The second kappa shape index (κ2) is 6.35. The van der Waals surface area contributed by atoms with Gasteiger partial charge in [0.2, 0.25) is 0 Å².